The van der Waals surface area contributed by atoms with Crippen LogP contribution in [-0.2, 0) is 0 Å². The lowest BCUT2D eigenvalue weighted by molar-refractivity contribution is -0.0329. The lowest BCUT2D eigenvalue weighted by Gasteiger charge is -2.08. The molecule has 0 saturated carbocycles. The van der Waals surface area contributed by atoms with E-state index in [1.807, 2.05) is 0 Å². The highest BCUT2D eigenvalue weighted by Gasteiger charge is 2.33. The zero-order chi connectivity index (χ0) is 15.9. The van der Waals surface area contributed by atoms with Crippen molar-refractivity contribution in [2.75, 3.05) is 0 Å². The van der Waals surface area contributed by atoms with E-state index >= 15 is 0 Å². The second-order valence-corrected chi connectivity index (χ2v) is 5.78. The van der Waals surface area contributed by atoms with Crippen molar-refractivity contribution < 1.29 is 17.6 Å². The van der Waals surface area contributed by atoms with Crippen LogP contribution in [0.4, 0.5) is 17.6 Å². The topological polar surface area (TPSA) is 17.3 Å². The Hall–Kier alpha value is -2.02. The fourth-order valence-corrected chi connectivity index (χ4v) is 2.88. The van der Waals surface area contributed by atoms with E-state index < -0.39 is 11.3 Å². The van der Waals surface area contributed by atoms with Gasteiger partial charge in [-0.3, -0.25) is 4.40 Å². The predicted octanol–water partition coefficient (Wildman–Crippen LogP) is 5.06. The Morgan fingerprint density at radius 3 is 2.50 bits per heavy atom. The quantitative estimate of drug-likeness (QED) is 0.484. The second-order valence-electron chi connectivity index (χ2n) is 4.73. The van der Waals surface area contributed by atoms with Crippen molar-refractivity contribution >= 4 is 17.4 Å². The molecule has 114 valence electrons. The molecule has 2 aromatic heterocycles. The highest BCUT2D eigenvalue weighted by Crippen LogP contribution is 2.42. The third-order valence-corrected chi connectivity index (χ3v) is 3.88. The first kappa shape index (κ1) is 14.9. The summed E-state index contributed by atoms with van der Waals surface area (Å²) in [6.45, 7) is 1.77. The number of fused-ring (bicyclic) bond motifs is 1. The number of thioether (sulfide) groups is 1. The van der Waals surface area contributed by atoms with Gasteiger partial charge in [0.25, 0.3) is 0 Å². The first-order chi connectivity index (χ1) is 10.3. The van der Waals surface area contributed by atoms with Crippen molar-refractivity contribution in [1.29, 1.82) is 0 Å². The largest absolute Gasteiger partial charge is 0.447 e. The average Bonchev–Trinajstić information content (AvgIpc) is 2.76. The van der Waals surface area contributed by atoms with Gasteiger partial charge in [0.15, 0.2) is 0 Å². The molecule has 0 aliphatic carbocycles. The summed E-state index contributed by atoms with van der Waals surface area (Å²) in [6, 6.07) is 9.03. The van der Waals surface area contributed by atoms with Gasteiger partial charge in [-0.25, -0.2) is 9.37 Å². The Bertz CT molecular complexity index is 839. The molecule has 0 aliphatic rings. The maximum atomic E-state index is 14.0. The van der Waals surface area contributed by atoms with Gasteiger partial charge in [0, 0.05) is 23.5 Å². The molecule has 0 fully saturated rings. The van der Waals surface area contributed by atoms with Crippen molar-refractivity contribution in [2.24, 2.45) is 0 Å². The molecule has 3 rings (SSSR count). The van der Waals surface area contributed by atoms with Crippen LogP contribution in [0.3, 0.4) is 0 Å². The van der Waals surface area contributed by atoms with Gasteiger partial charge >= 0.3 is 5.51 Å². The fraction of sp³-hybridized carbons (Fsp3) is 0.133. The van der Waals surface area contributed by atoms with Crippen LogP contribution in [0, 0.1) is 12.7 Å². The summed E-state index contributed by atoms with van der Waals surface area (Å²) in [7, 11) is 0. The Kier molecular flexibility index (Phi) is 3.60. The van der Waals surface area contributed by atoms with E-state index in [1.165, 1.54) is 22.6 Å². The maximum absolute atomic E-state index is 14.0. The summed E-state index contributed by atoms with van der Waals surface area (Å²) in [5.41, 5.74) is -3.31. The number of rotatable bonds is 2. The van der Waals surface area contributed by atoms with Crippen molar-refractivity contribution in [3.63, 3.8) is 0 Å². The van der Waals surface area contributed by atoms with Gasteiger partial charge < -0.3 is 0 Å². The molecular formula is C15H10F4N2S. The number of nitrogens with zero attached hydrogens (tertiary/aromatic N) is 2. The smallest absolute Gasteiger partial charge is 0.294 e. The lowest BCUT2D eigenvalue weighted by Crippen LogP contribution is -2.02. The number of pyridine rings is 1. The van der Waals surface area contributed by atoms with Crippen LogP contribution in [0.2, 0.25) is 0 Å². The van der Waals surface area contributed by atoms with Crippen LogP contribution < -0.4 is 0 Å². The molecule has 0 atom stereocenters. The summed E-state index contributed by atoms with van der Waals surface area (Å²) in [6.07, 6.45) is 1.56. The van der Waals surface area contributed by atoms with E-state index in [1.54, 1.807) is 31.3 Å². The molecular weight excluding hydrogens is 316 g/mol. The maximum Gasteiger partial charge on any atom is 0.447 e. The molecule has 0 amide bonds. The minimum absolute atomic E-state index is 0.00831. The number of hydrogen-bond donors (Lipinski definition) is 0. The first-order valence-electron chi connectivity index (χ1n) is 6.34. The molecule has 0 spiro atoms. The number of halogens is 4. The van der Waals surface area contributed by atoms with Crippen LogP contribution >= 0.6 is 11.8 Å². The number of aromatic nitrogens is 2. The molecule has 0 unspecified atom stereocenters. The number of hydrogen-bond acceptors (Lipinski definition) is 2. The lowest BCUT2D eigenvalue weighted by atomic mass is 10.1. The molecule has 2 nitrogen and oxygen atoms in total. The monoisotopic (exact) mass is 326 g/mol. The van der Waals surface area contributed by atoms with Crippen LogP contribution in [0.15, 0.2) is 47.6 Å². The second kappa shape index (κ2) is 5.31. The molecule has 0 radical (unpaired) electrons. The number of imidazole rings is 1. The van der Waals surface area contributed by atoms with Crippen molar-refractivity contribution in [2.45, 2.75) is 17.5 Å². The Morgan fingerprint density at radius 1 is 1.09 bits per heavy atom. The normalized spacial score (nSPS) is 12.0. The molecule has 1 aromatic carbocycles. The SMILES string of the molecule is Cc1ccc2nc(-c3ccccc3F)c(SC(F)(F)F)n2c1. The molecule has 2 heterocycles. The van der Waals surface area contributed by atoms with E-state index in [4.69, 9.17) is 0 Å². The predicted molar refractivity (Wildman–Crippen MR) is 77.2 cm³/mol. The molecule has 0 aliphatic heterocycles. The van der Waals surface area contributed by atoms with Gasteiger partial charge in [-0.2, -0.15) is 13.2 Å². The Labute approximate surface area is 127 Å². The average molecular weight is 326 g/mol. The molecule has 3 aromatic rings. The van der Waals surface area contributed by atoms with Gasteiger partial charge in [0.2, 0.25) is 0 Å². The van der Waals surface area contributed by atoms with Crippen molar-refractivity contribution in [1.82, 2.24) is 9.38 Å². The minimum Gasteiger partial charge on any atom is -0.294 e. The van der Waals surface area contributed by atoms with E-state index in [2.05, 4.69) is 4.98 Å². The third-order valence-electron chi connectivity index (χ3n) is 3.06. The van der Waals surface area contributed by atoms with Crippen LogP contribution in [0.5, 0.6) is 0 Å². The minimum atomic E-state index is -4.49. The van der Waals surface area contributed by atoms with Gasteiger partial charge in [-0.1, -0.05) is 18.2 Å². The molecule has 0 N–H and O–H groups in total. The molecule has 0 saturated heterocycles. The van der Waals surface area contributed by atoms with E-state index in [0.29, 0.717) is 5.65 Å². The molecule has 7 heteroatoms. The summed E-state index contributed by atoms with van der Waals surface area (Å²) >= 11 is -0.290. The van der Waals surface area contributed by atoms with Gasteiger partial charge in [0.05, 0.1) is 0 Å². The highest BCUT2D eigenvalue weighted by atomic mass is 32.2. The number of aryl methyl sites for hydroxylation is 1. The zero-order valence-electron chi connectivity index (χ0n) is 11.4. The van der Waals surface area contributed by atoms with Gasteiger partial charge in [0.1, 0.15) is 22.2 Å². The van der Waals surface area contributed by atoms with E-state index in [0.717, 1.165) is 5.56 Å². The number of alkyl halides is 3. The zero-order valence-corrected chi connectivity index (χ0v) is 12.2. The van der Waals surface area contributed by atoms with Crippen molar-refractivity contribution in [3.8, 4) is 11.3 Å². The van der Waals surface area contributed by atoms with Crippen LogP contribution in [-0.4, -0.2) is 14.9 Å². The summed E-state index contributed by atoms with van der Waals surface area (Å²) in [5, 5.41) is -0.142. The molecule has 0 bridgehead atoms. The summed E-state index contributed by atoms with van der Waals surface area (Å²) < 4.78 is 53.9. The Morgan fingerprint density at radius 2 is 1.82 bits per heavy atom. The summed E-state index contributed by atoms with van der Waals surface area (Å²) in [4.78, 5) is 4.17. The van der Waals surface area contributed by atoms with E-state index in [-0.39, 0.29) is 28.0 Å². The number of benzene rings is 1. The standard InChI is InChI=1S/C15H10F4N2S/c1-9-6-7-12-20-13(10-4-2-3-5-11(10)16)14(21(12)8-9)22-15(17,18)19/h2-8H,1H3. The molecule has 22 heavy (non-hydrogen) atoms. The van der Waals surface area contributed by atoms with Crippen LogP contribution in [0.1, 0.15) is 5.56 Å². The van der Waals surface area contributed by atoms with Gasteiger partial charge in [-0.05, 0) is 30.7 Å². The highest BCUT2D eigenvalue weighted by molar-refractivity contribution is 8.00. The first-order valence-corrected chi connectivity index (χ1v) is 7.16. The Balaban J connectivity index is 2.29. The third kappa shape index (κ3) is 2.81. The van der Waals surface area contributed by atoms with E-state index in [9.17, 15) is 17.6 Å². The van der Waals surface area contributed by atoms with Crippen LogP contribution in [0.25, 0.3) is 16.9 Å². The summed E-state index contributed by atoms with van der Waals surface area (Å²) in [5.74, 6) is -0.605. The van der Waals surface area contributed by atoms with Gasteiger partial charge in [-0.15, -0.1) is 0 Å². The fourth-order valence-electron chi connectivity index (χ4n) is 2.17. The van der Waals surface area contributed by atoms with Crippen molar-refractivity contribution in [3.05, 3.63) is 54.0 Å².